The van der Waals surface area contributed by atoms with Gasteiger partial charge in [0, 0.05) is 6.21 Å². The molecule has 0 bridgehead atoms. The summed E-state index contributed by atoms with van der Waals surface area (Å²) in [5, 5.41) is 4.08. The van der Waals surface area contributed by atoms with E-state index in [1.54, 1.807) is 7.11 Å². The van der Waals surface area contributed by atoms with Crippen LogP contribution in [-0.4, -0.2) is 83.7 Å². The van der Waals surface area contributed by atoms with Gasteiger partial charge in [0.25, 0.3) is 0 Å². The molecule has 0 saturated carbocycles. The monoisotopic (exact) mass is 752 g/mol. The van der Waals surface area contributed by atoms with Crippen molar-refractivity contribution in [2.75, 3.05) is 13.7 Å². The highest BCUT2D eigenvalue weighted by molar-refractivity contribution is 6.75. The van der Waals surface area contributed by atoms with Crippen LogP contribution in [0, 0.1) is 0 Å². The second-order valence-electron chi connectivity index (χ2n) is 14.3. The standard InChI is InChI=1S/C38H76N2O5Si4/c1-14-46(15-2,16-3)42-31-34-36(43-47(17-4,18-5)19-6)37(44-48(20-7,21-8)22-9)35(38(40-34)45-49(23-10,24-11)25-12)39-30-32-26-28-33(41-13)29-27-32/h26-30,34-38,40H,14-25,31H2,1-13H3/t34-,35-,36-,37-,38-/m1/s1. The first kappa shape index (κ1) is 44.5. The molecule has 1 saturated heterocycles. The van der Waals surface area contributed by atoms with Crippen LogP contribution >= 0.6 is 0 Å². The Morgan fingerprint density at radius 2 is 0.980 bits per heavy atom. The molecule has 1 heterocycles. The number of methoxy groups -OCH3 is 1. The Morgan fingerprint density at radius 1 is 0.571 bits per heavy atom. The average molecular weight is 753 g/mol. The number of benzene rings is 1. The number of hydrogen-bond acceptors (Lipinski definition) is 7. The van der Waals surface area contributed by atoms with Crippen LogP contribution in [0.25, 0.3) is 0 Å². The number of nitrogens with zero attached hydrogens (tertiary/aromatic N) is 1. The number of rotatable bonds is 24. The molecule has 1 fully saturated rings. The second kappa shape index (κ2) is 21.2. The maximum Gasteiger partial charge on any atom is 0.194 e. The van der Waals surface area contributed by atoms with Gasteiger partial charge in [0.1, 0.15) is 18.0 Å². The maximum atomic E-state index is 7.70. The predicted octanol–water partition coefficient (Wildman–Crippen LogP) is 10.6. The zero-order valence-electron chi connectivity index (χ0n) is 34.0. The Hall–Kier alpha value is -0.642. The van der Waals surface area contributed by atoms with Crippen molar-refractivity contribution in [3.63, 3.8) is 0 Å². The molecule has 0 radical (unpaired) electrons. The van der Waals surface area contributed by atoms with Crippen molar-refractivity contribution >= 4 is 39.5 Å². The Balaban J connectivity index is 2.88. The first-order valence-electron chi connectivity index (χ1n) is 20.1. The van der Waals surface area contributed by atoms with Crippen LogP contribution in [0.4, 0.5) is 0 Å². The summed E-state index contributed by atoms with van der Waals surface area (Å²) >= 11 is 0. The van der Waals surface area contributed by atoms with E-state index in [1.807, 2.05) is 18.3 Å². The summed E-state index contributed by atoms with van der Waals surface area (Å²) in [6.07, 6.45) is 1.35. The van der Waals surface area contributed by atoms with Crippen LogP contribution in [0.1, 0.15) is 88.6 Å². The van der Waals surface area contributed by atoms with Gasteiger partial charge in [0.05, 0.1) is 32.0 Å². The van der Waals surface area contributed by atoms with Gasteiger partial charge >= 0.3 is 0 Å². The average Bonchev–Trinajstić information content (AvgIpc) is 3.16. The van der Waals surface area contributed by atoms with Crippen molar-refractivity contribution in [3.8, 4) is 5.75 Å². The smallest absolute Gasteiger partial charge is 0.194 e. The third kappa shape index (κ3) is 11.2. The summed E-state index contributed by atoms with van der Waals surface area (Å²) in [6, 6.07) is 21.0. The number of aliphatic imine (C=N–C) groups is 1. The summed E-state index contributed by atoms with van der Waals surface area (Å²) in [7, 11) is -6.36. The molecule has 0 aliphatic carbocycles. The summed E-state index contributed by atoms with van der Waals surface area (Å²) in [5.74, 6) is 0.843. The van der Waals surface area contributed by atoms with E-state index in [1.165, 1.54) is 0 Å². The quantitative estimate of drug-likeness (QED) is 0.0838. The van der Waals surface area contributed by atoms with Crippen LogP contribution in [0.15, 0.2) is 29.3 Å². The van der Waals surface area contributed by atoms with Crippen molar-refractivity contribution in [2.24, 2.45) is 4.99 Å². The van der Waals surface area contributed by atoms with Crippen LogP contribution in [0.5, 0.6) is 5.75 Å². The van der Waals surface area contributed by atoms with Gasteiger partial charge in [-0.2, -0.15) is 0 Å². The first-order valence-corrected chi connectivity index (χ1v) is 30.2. The van der Waals surface area contributed by atoms with E-state index < -0.39 is 33.3 Å². The molecule has 1 aromatic rings. The Kier molecular flexibility index (Phi) is 19.2. The summed E-state index contributed by atoms with van der Waals surface area (Å²) in [5.41, 5.74) is 1.04. The zero-order valence-corrected chi connectivity index (χ0v) is 38.0. The molecule has 0 aromatic heterocycles. The van der Waals surface area contributed by atoms with E-state index in [0.29, 0.717) is 6.61 Å². The van der Waals surface area contributed by atoms with Crippen molar-refractivity contribution in [3.05, 3.63) is 29.8 Å². The maximum absolute atomic E-state index is 7.70. The lowest BCUT2D eigenvalue weighted by atomic mass is 9.93. The number of piperidine rings is 1. The molecule has 0 spiro atoms. The normalized spacial score (nSPS) is 22.6. The van der Waals surface area contributed by atoms with E-state index in [-0.39, 0.29) is 30.5 Å². The van der Waals surface area contributed by atoms with Crippen LogP contribution in [0.3, 0.4) is 0 Å². The van der Waals surface area contributed by atoms with E-state index in [0.717, 1.165) is 83.8 Å². The molecule has 0 unspecified atom stereocenters. The molecule has 1 aliphatic heterocycles. The highest BCUT2D eigenvalue weighted by Crippen LogP contribution is 2.37. The SMILES string of the molecule is CC[Si](CC)(CC)OC[C@H]1N[C@H](O[Si](CC)(CC)CC)[C@H](N=Cc2ccc(OC)cc2)[C@@H](O[Si](CC)(CC)CC)[C@@H]1O[Si](CC)(CC)CC. The molecule has 49 heavy (non-hydrogen) atoms. The molecular weight excluding hydrogens is 677 g/mol. The summed E-state index contributed by atoms with van der Waals surface area (Å²) < 4.78 is 35.4. The van der Waals surface area contributed by atoms with Crippen LogP contribution in [-0.2, 0) is 17.7 Å². The minimum atomic E-state index is -2.10. The van der Waals surface area contributed by atoms with Gasteiger partial charge in [-0.15, -0.1) is 0 Å². The number of nitrogens with one attached hydrogen (secondary N) is 1. The Labute approximate surface area is 306 Å². The van der Waals surface area contributed by atoms with E-state index in [4.69, 9.17) is 27.4 Å². The minimum Gasteiger partial charge on any atom is -0.497 e. The molecule has 7 nitrogen and oxygen atoms in total. The minimum absolute atomic E-state index is 0.0370. The first-order chi connectivity index (χ1) is 23.5. The highest BCUT2D eigenvalue weighted by atomic mass is 28.4. The third-order valence-corrected chi connectivity index (χ3v) is 31.2. The van der Waals surface area contributed by atoms with Gasteiger partial charge in [-0.1, -0.05) is 83.1 Å². The molecule has 11 heteroatoms. The van der Waals surface area contributed by atoms with Gasteiger partial charge in [-0.05, 0) is 102 Å². The molecule has 5 atom stereocenters. The molecule has 2 rings (SSSR count). The van der Waals surface area contributed by atoms with Gasteiger partial charge in [0.2, 0.25) is 0 Å². The van der Waals surface area contributed by atoms with E-state index >= 15 is 0 Å². The van der Waals surface area contributed by atoms with Gasteiger partial charge in [-0.3, -0.25) is 10.3 Å². The third-order valence-electron chi connectivity index (χ3n) is 12.7. The lowest BCUT2D eigenvalue weighted by molar-refractivity contribution is -0.0818. The van der Waals surface area contributed by atoms with E-state index in [2.05, 4.69) is 101 Å². The summed E-state index contributed by atoms with van der Waals surface area (Å²) in [6.45, 7) is 28.5. The molecule has 1 aliphatic rings. The zero-order chi connectivity index (χ0) is 36.7. The predicted molar refractivity (Wildman–Crippen MR) is 221 cm³/mol. The van der Waals surface area contributed by atoms with Crippen molar-refractivity contribution < 1.29 is 22.4 Å². The van der Waals surface area contributed by atoms with Gasteiger partial charge in [0.15, 0.2) is 33.3 Å². The lowest BCUT2D eigenvalue weighted by Gasteiger charge is -2.52. The number of ether oxygens (including phenoxy) is 1. The lowest BCUT2D eigenvalue weighted by Crippen LogP contribution is -2.72. The number of hydrogen-bond donors (Lipinski definition) is 1. The Bertz CT molecular complexity index is 1050. The summed E-state index contributed by atoms with van der Waals surface area (Å²) in [4.78, 5) is 5.46. The van der Waals surface area contributed by atoms with Crippen molar-refractivity contribution in [2.45, 2.75) is 186 Å². The van der Waals surface area contributed by atoms with Crippen molar-refractivity contribution in [1.82, 2.24) is 5.32 Å². The van der Waals surface area contributed by atoms with Gasteiger partial charge in [-0.25, -0.2) is 0 Å². The molecular formula is C38H76N2O5Si4. The Morgan fingerprint density at radius 3 is 1.39 bits per heavy atom. The molecule has 1 N–H and O–H groups in total. The van der Waals surface area contributed by atoms with E-state index in [9.17, 15) is 0 Å². The fourth-order valence-corrected chi connectivity index (χ4v) is 18.8. The van der Waals surface area contributed by atoms with Crippen molar-refractivity contribution in [1.29, 1.82) is 0 Å². The second-order valence-corrected chi connectivity index (χ2v) is 33.2. The fraction of sp³-hybridized carbons (Fsp3) is 0.816. The topological polar surface area (TPSA) is 70.5 Å². The van der Waals surface area contributed by atoms with Crippen LogP contribution < -0.4 is 10.1 Å². The molecule has 1 aromatic carbocycles. The fourth-order valence-electron chi connectivity index (χ4n) is 7.73. The van der Waals surface area contributed by atoms with Gasteiger partial charge < -0.3 is 22.4 Å². The molecule has 284 valence electrons. The highest BCUT2D eigenvalue weighted by Gasteiger charge is 2.53. The molecule has 0 amide bonds. The van der Waals surface area contributed by atoms with Crippen LogP contribution in [0.2, 0.25) is 72.5 Å². The largest absolute Gasteiger partial charge is 0.497 e.